The Morgan fingerprint density at radius 1 is 1.03 bits per heavy atom. The van der Waals surface area contributed by atoms with Crippen LogP contribution < -0.4 is 15.5 Å². The molecule has 1 aromatic heterocycles. The molecule has 2 heterocycles. The predicted molar refractivity (Wildman–Crippen MR) is 120 cm³/mol. The van der Waals surface area contributed by atoms with Gasteiger partial charge in [-0.25, -0.2) is 9.78 Å². The summed E-state index contributed by atoms with van der Waals surface area (Å²) >= 11 is 1.65. The van der Waals surface area contributed by atoms with Crippen LogP contribution >= 0.6 is 11.8 Å². The number of nitrogens with zero attached hydrogens (tertiary/aromatic N) is 2. The van der Waals surface area contributed by atoms with Gasteiger partial charge in [-0.3, -0.25) is 9.69 Å². The maximum absolute atomic E-state index is 12.7. The maximum atomic E-state index is 12.7. The number of pyridine rings is 1. The van der Waals surface area contributed by atoms with E-state index >= 15 is 0 Å². The van der Waals surface area contributed by atoms with Gasteiger partial charge in [0.05, 0.1) is 11.7 Å². The first kappa shape index (κ1) is 20.0. The number of nitrogens with one attached hydrogen (secondary N) is 2. The van der Waals surface area contributed by atoms with Crippen molar-refractivity contribution in [2.45, 2.75) is 18.0 Å². The third-order valence-electron chi connectivity index (χ3n) is 4.89. The Balaban J connectivity index is 1.39. The molecule has 1 aliphatic heterocycles. The minimum absolute atomic E-state index is 0.0938. The number of rotatable bonds is 4. The largest absolute Gasteiger partial charge is 0.346 e. The summed E-state index contributed by atoms with van der Waals surface area (Å²) in [5, 5.41) is 6.75. The van der Waals surface area contributed by atoms with E-state index in [1.807, 2.05) is 49.4 Å². The Hall–Kier alpha value is -3.32. The highest BCUT2D eigenvalue weighted by Gasteiger charge is 2.23. The summed E-state index contributed by atoms with van der Waals surface area (Å²) in [5.41, 5.74) is 3.04. The summed E-state index contributed by atoms with van der Waals surface area (Å²) in [6.45, 7) is 2.57. The SMILES string of the molecule is C[C@H](NC(=O)c1ccc(NC(=O)N2CCSc3ncccc32)cc1)c1ccccc1. The van der Waals surface area contributed by atoms with Crippen molar-refractivity contribution < 1.29 is 9.59 Å². The molecule has 0 fully saturated rings. The smallest absolute Gasteiger partial charge is 0.326 e. The van der Waals surface area contributed by atoms with Crippen LogP contribution in [0.2, 0.25) is 0 Å². The molecule has 2 N–H and O–H groups in total. The number of fused-ring (bicyclic) bond motifs is 1. The molecule has 1 atom stereocenters. The summed E-state index contributed by atoms with van der Waals surface area (Å²) in [6, 6.07) is 20.1. The Labute approximate surface area is 179 Å². The zero-order chi connectivity index (χ0) is 20.9. The van der Waals surface area contributed by atoms with Gasteiger partial charge >= 0.3 is 6.03 Å². The van der Waals surface area contributed by atoms with E-state index in [0.29, 0.717) is 17.8 Å². The lowest BCUT2D eigenvalue weighted by molar-refractivity contribution is 0.0940. The molecular weight excluding hydrogens is 396 g/mol. The summed E-state index contributed by atoms with van der Waals surface area (Å²) in [6.07, 6.45) is 1.73. The molecule has 0 saturated heterocycles. The van der Waals surface area contributed by atoms with Crippen molar-refractivity contribution in [1.29, 1.82) is 0 Å². The lowest BCUT2D eigenvalue weighted by atomic mass is 10.1. The highest BCUT2D eigenvalue weighted by atomic mass is 32.2. The van der Waals surface area contributed by atoms with Crippen molar-refractivity contribution in [3.63, 3.8) is 0 Å². The molecule has 7 heteroatoms. The van der Waals surface area contributed by atoms with E-state index in [2.05, 4.69) is 15.6 Å². The molecule has 3 aromatic rings. The number of thioether (sulfide) groups is 1. The quantitative estimate of drug-likeness (QED) is 0.643. The fourth-order valence-electron chi connectivity index (χ4n) is 3.26. The van der Waals surface area contributed by atoms with Gasteiger partial charge in [0, 0.05) is 29.7 Å². The number of urea groups is 1. The molecule has 4 rings (SSSR count). The number of hydrogen-bond acceptors (Lipinski definition) is 4. The van der Waals surface area contributed by atoms with Crippen LogP contribution in [0.25, 0.3) is 0 Å². The first-order valence-corrected chi connectivity index (χ1v) is 10.7. The molecule has 2 aromatic carbocycles. The van der Waals surface area contributed by atoms with Crippen LogP contribution in [0.3, 0.4) is 0 Å². The minimum atomic E-state index is -0.209. The van der Waals surface area contributed by atoms with Crippen LogP contribution in [-0.2, 0) is 0 Å². The number of carbonyl (C=O) groups excluding carboxylic acids is 2. The Kier molecular flexibility index (Phi) is 5.99. The van der Waals surface area contributed by atoms with E-state index in [1.165, 1.54) is 0 Å². The van der Waals surface area contributed by atoms with E-state index in [9.17, 15) is 9.59 Å². The second kappa shape index (κ2) is 9.00. The lowest BCUT2D eigenvalue weighted by Gasteiger charge is -2.28. The zero-order valence-corrected chi connectivity index (χ0v) is 17.4. The number of anilines is 2. The van der Waals surface area contributed by atoms with E-state index in [-0.39, 0.29) is 18.0 Å². The Morgan fingerprint density at radius 3 is 2.57 bits per heavy atom. The van der Waals surface area contributed by atoms with Gasteiger partial charge in [0.15, 0.2) is 0 Å². The van der Waals surface area contributed by atoms with Gasteiger partial charge in [-0.1, -0.05) is 30.3 Å². The highest BCUT2D eigenvalue weighted by molar-refractivity contribution is 7.99. The van der Waals surface area contributed by atoms with Crippen LogP contribution in [0.4, 0.5) is 16.2 Å². The van der Waals surface area contributed by atoms with Gasteiger partial charge in [0.1, 0.15) is 5.03 Å². The van der Waals surface area contributed by atoms with Gasteiger partial charge in [0.2, 0.25) is 0 Å². The number of hydrogen-bond donors (Lipinski definition) is 2. The van der Waals surface area contributed by atoms with Crippen LogP contribution in [0.5, 0.6) is 0 Å². The molecule has 152 valence electrons. The Morgan fingerprint density at radius 2 is 1.80 bits per heavy atom. The van der Waals surface area contributed by atoms with Crippen LogP contribution in [0.15, 0.2) is 78.0 Å². The zero-order valence-electron chi connectivity index (χ0n) is 16.5. The van der Waals surface area contributed by atoms with Crippen molar-refractivity contribution in [2.75, 3.05) is 22.5 Å². The van der Waals surface area contributed by atoms with Gasteiger partial charge in [-0.05, 0) is 48.9 Å². The summed E-state index contributed by atoms with van der Waals surface area (Å²) < 4.78 is 0. The van der Waals surface area contributed by atoms with Crippen molar-refractivity contribution in [3.05, 3.63) is 84.1 Å². The third kappa shape index (κ3) is 4.46. The van der Waals surface area contributed by atoms with E-state index in [1.54, 1.807) is 47.1 Å². The standard InChI is InChI=1S/C23H22N4O2S/c1-16(17-6-3-2-4-7-17)25-21(28)18-9-11-19(12-10-18)26-23(29)27-14-15-30-22-20(27)8-5-13-24-22/h2-13,16H,14-15H2,1H3,(H,25,28)(H,26,29)/t16-/m0/s1. The predicted octanol–water partition coefficient (Wildman–Crippen LogP) is 4.72. The molecule has 0 unspecified atom stereocenters. The number of aromatic nitrogens is 1. The van der Waals surface area contributed by atoms with Crippen molar-refractivity contribution in [3.8, 4) is 0 Å². The second-order valence-corrected chi connectivity index (χ2v) is 8.02. The summed E-state index contributed by atoms with van der Waals surface area (Å²) in [7, 11) is 0. The van der Waals surface area contributed by atoms with E-state index < -0.39 is 0 Å². The van der Waals surface area contributed by atoms with Crippen LogP contribution in [0, 0.1) is 0 Å². The molecule has 0 radical (unpaired) electrons. The monoisotopic (exact) mass is 418 g/mol. The van der Waals surface area contributed by atoms with Crippen LogP contribution in [-0.4, -0.2) is 29.2 Å². The molecule has 0 aliphatic carbocycles. The van der Waals surface area contributed by atoms with Crippen LogP contribution in [0.1, 0.15) is 28.9 Å². The molecule has 30 heavy (non-hydrogen) atoms. The summed E-state index contributed by atoms with van der Waals surface area (Å²) in [4.78, 5) is 31.3. The fraction of sp³-hybridized carbons (Fsp3) is 0.174. The van der Waals surface area contributed by atoms with Crippen molar-refractivity contribution in [1.82, 2.24) is 10.3 Å². The first-order chi connectivity index (χ1) is 14.6. The molecule has 0 spiro atoms. The van der Waals surface area contributed by atoms with Crippen molar-refractivity contribution >= 4 is 35.1 Å². The van der Waals surface area contributed by atoms with E-state index in [4.69, 9.17) is 0 Å². The lowest BCUT2D eigenvalue weighted by Crippen LogP contribution is -2.38. The van der Waals surface area contributed by atoms with Gasteiger partial charge in [-0.2, -0.15) is 0 Å². The molecule has 3 amide bonds. The normalized spacial score (nSPS) is 13.8. The van der Waals surface area contributed by atoms with Gasteiger partial charge in [0.25, 0.3) is 5.91 Å². The topological polar surface area (TPSA) is 74.3 Å². The van der Waals surface area contributed by atoms with Crippen molar-refractivity contribution in [2.24, 2.45) is 0 Å². The molecular formula is C23H22N4O2S. The average Bonchev–Trinajstić information content (AvgIpc) is 2.79. The number of amides is 3. The highest BCUT2D eigenvalue weighted by Crippen LogP contribution is 2.32. The molecule has 1 aliphatic rings. The number of benzene rings is 2. The molecule has 6 nitrogen and oxygen atoms in total. The minimum Gasteiger partial charge on any atom is -0.346 e. The molecule has 0 bridgehead atoms. The Bertz CT molecular complexity index is 1040. The maximum Gasteiger partial charge on any atom is 0.326 e. The van der Waals surface area contributed by atoms with Gasteiger partial charge < -0.3 is 10.6 Å². The fourth-order valence-corrected chi connectivity index (χ4v) is 4.19. The first-order valence-electron chi connectivity index (χ1n) is 9.74. The second-order valence-electron chi connectivity index (χ2n) is 6.94. The molecule has 0 saturated carbocycles. The van der Waals surface area contributed by atoms with E-state index in [0.717, 1.165) is 22.0 Å². The summed E-state index contributed by atoms with van der Waals surface area (Å²) in [5.74, 6) is 0.646. The van der Waals surface area contributed by atoms with Gasteiger partial charge in [-0.15, -0.1) is 11.8 Å². The number of carbonyl (C=O) groups is 2. The average molecular weight is 419 g/mol. The third-order valence-corrected chi connectivity index (χ3v) is 5.86.